The molecule has 0 unspecified atom stereocenters. The number of benzene rings is 1. The fraction of sp³-hybridized carbons (Fsp3) is 0.333. The molecule has 1 aromatic rings. The van der Waals surface area contributed by atoms with Crippen LogP contribution in [0.2, 0.25) is 0 Å². The summed E-state index contributed by atoms with van der Waals surface area (Å²) in [5.41, 5.74) is 6.24. The van der Waals surface area contributed by atoms with Gasteiger partial charge in [0.25, 0.3) is 0 Å². The van der Waals surface area contributed by atoms with Gasteiger partial charge in [0.15, 0.2) is 0 Å². The van der Waals surface area contributed by atoms with E-state index in [1.165, 1.54) is 11.8 Å². The molecule has 0 aliphatic carbocycles. The van der Waals surface area contributed by atoms with Crippen molar-refractivity contribution in [3.8, 4) is 0 Å². The van der Waals surface area contributed by atoms with Gasteiger partial charge in [-0.3, -0.25) is 9.59 Å². The van der Waals surface area contributed by atoms with Gasteiger partial charge in [-0.2, -0.15) is 0 Å². The van der Waals surface area contributed by atoms with Gasteiger partial charge in [0.2, 0.25) is 5.91 Å². The van der Waals surface area contributed by atoms with Crippen LogP contribution in [0.5, 0.6) is 0 Å². The summed E-state index contributed by atoms with van der Waals surface area (Å²) < 4.78 is 0. The number of rotatable bonds is 7. The lowest BCUT2D eigenvalue weighted by atomic mass is 10.3. The highest BCUT2D eigenvalue weighted by Gasteiger charge is 2.03. The van der Waals surface area contributed by atoms with Crippen LogP contribution in [0.3, 0.4) is 0 Å². The quantitative estimate of drug-likeness (QED) is 0.394. The molecule has 4 N–H and O–H groups in total. The van der Waals surface area contributed by atoms with Gasteiger partial charge >= 0.3 is 5.97 Å². The minimum absolute atomic E-state index is 0.0748. The number of carbonyl (C=O) groups excluding carboxylic acids is 1. The summed E-state index contributed by atoms with van der Waals surface area (Å²) in [6, 6.07) is 7.29. The van der Waals surface area contributed by atoms with Gasteiger partial charge < -0.3 is 16.2 Å². The van der Waals surface area contributed by atoms with E-state index in [1.807, 2.05) is 12.1 Å². The monoisotopic (exact) mass is 268 g/mol. The largest absolute Gasteiger partial charge is 0.481 e. The van der Waals surface area contributed by atoms with E-state index >= 15 is 0 Å². The van der Waals surface area contributed by atoms with E-state index in [0.29, 0.717) is 24.4 Å². The maximum atomic E-state index is 11.4. The summed E-state index contributed by atoms with van der Waals surface area (Å²) in [7, 11) is 0. The van der Waals surface area contributed by atoms with E-state index in [0.717, 1.165) is 4.90 Å². The van der Waals surface area contributed by atoms with Crippen molar-refractivity contribution < 1.29 is 14.7 Å². The van der Waals surface area contributed by atoms with Crippen LogP contribution < -0.4 is 11.1 Å². The number of hydrogen-bond acceptors (Lipinski definition) is 4. The minimum Gasteiger partial charge on any atom is -0.481 e. The summed E-state index contributed by atoms with van der Waals surface area (Å²) in [5, 5.41) is 11.1. The second-order valence-corrected chi connectivity index (χ2v) is 4.75. The Morgan fingerprint density at radius 3 is 2.56 bits per heavy atom. The molecule has 0 saturated heterocycles. The molecular formula is C12H16N2O3S. The van der Waals surface area contributed by atoms with E-state index in [9.17, 15) is 9.59 Å². The van der Waals surface area contributed by atoms with Gasteiger partial charge in [-0.05, 0) is 30.7 Å². The Labute approximate surface area is 110 Å². The Hall–Kier alpha value is -1.69. The zero-order chi connectivity index (χ0) is 13.4. The molecule has 0 aliphatic heterocycles. The molecule has 0 aliphatic rings. The van der Waals surface area contributed by atoms with Crippen LogP contribution in [-0.4, -0.2) is 29.3 Å². The Balaban J connectivity index is 2.17. The molecule has 6 heteroatoms. The summed E-state index contributed by atoms with van der Waals surface area (Å²) in [5.74, 6) is -0.625. The number of aliphatic carboxylic acids is 1. The number of carboxylic acids is 1. The van der Waals surface area contributed by atoms with Crippen LogP contribution in [-0.2, 0) is 9.59 Å². The Kier molecular flexibility index (Phi) is 6.07. The Morgan fingerprint density at radius 1 is 1.28 bits per heavy atom. The van der Waals surface area contributed by atoms with Crippen molar-refractivity contribution in [1.82, 2.24) is 5.32 Å². The summed E-state index contributed by atoms with van der Waals surface area (Å²) in [6.45, 7) is 0.396. The molecule has 0 fully saturated rings. The Morgan fingerprint density at radius 2 is 1.94 bits per heavy atom. The third kappa shape index (κ3) is 6.15. The molecule has 0 bridgehead atoms. The predicted octanol–water partition coefficient (Wildman–Crippen LogP) is 1.34. The molecule has 1 rings (SSSR count). The maximum absolute atomic E-state index is 11.4. The van der Waals surface area contributed by atoms with E-state index in [1.54, 1.807) is 12.1 Å². The standard InChI is InChI=1S/C12H16N2O3S/c13-9-3-5-10(6-4-9)18-8-11(15)14-7-1-2-12(16)17/h3-6H,1-2,7-8,13H2,(H,14,15)(H,16,17). The lowest BCUT2D eigenvalue weighted by molar-refractivity contribution is -0.137. The predicted molar refractivity (Wildman–Crippen MR) is 71.5 cm³/mol. The number of nitrogens with two attached hydrogens (primary N) is 1. The number of anilines is 1. The molecule has 0 aromatic heterocycles. The van der Waals surface area contributed by atoms with E-state index in [2.05, 4.69) is 5.32 Å². The number of carboxylic acid groups (broad SMARTS) is 1. The molecule has 0 spiro atoms. The molecule has 0 heterocycles. The van der Waals surface area contributed by atoms with Crippen LogP contribution in [0.25, 0.3) is 0 Å². The molecule has 0 atom stereocenters. The molecule has 98 valence electrons. The summed E-state index contributed by atoms with van der Waals surface area (Å²) in [4.78, 5) is 22.7. The average molecular weight is 268 g/mol. The number of amides is 1. The van der Waals surface area contributed by atoms with Crippen molar-refractivity contribution in [2.75, 3.05) is 18.0 Å². The highest BCUT2D eigenvalue weighted by Crippen LogP contribution is 2.18. The zero-order valence-electron chi connectivity index (χ0n) is 9.89. The maximum Gasteiger partial charge on any atom is 0.303 e. The van der Waals surface area contributed by atoms with Gasteiger partial charge in [0.1, 0.15) is 0 Å². The van der Waals surface area contributed by atoms with Gasteiger partial charge in [-0.1, -0.05) is 0 Å². The number of thioether (sulfide) groups is 1. The average Bonchev–Trinajstić information content (AvgIpc) is 2.34. The normalized spacial score (nSPS) is 10.0. The number of carbonyl (C=O) groups is 2. The smallest absolute Gasteiger partial charge is 0.303 e. The lowest BCUT2D eigenvalue weighted by Gasteiger charge is -2.04. The van der Waals surface area contributed by atoms with Gasteiger partial charge in [0, 0.05) is 23.5 Å². The number of hydrogen-bond donors (Lipinski definition) is 3. The van der Waals surface area contributed by atoms with Crippen molar-refractivity contribution >= 4 is 29.3 Å². The molecule has 5 nitrogen and oxygen atoms in total. The third-order valence-corrected chi connectivity index (χ3v) is 3.15. The summed E-state index contributed by atoms with van der Waals surface area (Å²) in [6.07, 6.45) is 0.527. The molecule has 1 amide bonds. The SMILES string of the molecule is Nc1ccc(SCC(=O)NCCCC(=O)O)cc1. The first-order valence-electron chi connectivity index (χ1n) is 5.55. The van der Waals surface area contributed by atoms with Crippen molar-refractivity contribution in [3.05, 3.63) is 24.3 Å². The fourth-order valence-electron chi connectivity index (χ4n) is 1.23. The van der Waals surface area contributed by atoms with E-state index in [-0.39, 0.29) is 12.3 Å². The first-order chi connectivity index (χ1) is 8.58. The minimum atomic E-state index is -0.847. The van der Waals surface area contributed by atoms with Crippen LogP contribution in [0, 0.1) is 0 Å². The molecule has 1 aromatic carbocycles. The Bertz CT molecular complexity index is 406. The third-order valence-electron chi connectivity index (χ3n) is 2.14. The van der Waals surface area contributed by atoms with Crippen molar-refractivity contribution in [2.45, 2.75) is 17.7 Å². The highest BCUT2D eigenvalue weighted by atomic mass is 32.2. The molecule has 0 saturated carbocycles. The zero-order valence-corrected chi connectivity index (χ0v) is 10.7. The molecular weight excluding hydrogens is 252 g/mol. The summed E-state index contributed by atoms with van der Waals surface area (Å²) >= 11 is 1.42. The van der Waals surface area contributed by atoms with Crippen LogP contribution >= 0.6 is 11.8 Å². The first-order valence-corrected chi connectivity index (χ1v) is 6.53. The second-order valence-electron chi connectivity index (χ2n) is 3.70. The number of nitrogens with one attached hydrogen (secondary N) is 1. The van der Waals surface area contributed by atoms with Crippen LogP contribution in [0.15, 0.2) is 29.2 Å². The topological polar surface area (TPSA) is 92.4 Å². The van der Waals surface area contributed by atoms with Gasteiger partial charge in [-0.25, -0.2) is 0 Å². The van der Waals surface area contributed by atoms with Gasteiger partial charge in [0.05, 0.1) is 5.75 Å². The fourth-order valence-corrected chi connectivity index (χ4v) is 1.96. The van der Waals surface area contributed by atoms with Gasteiger partial charge in [-0.15, -0.1) is 11.8 Å². The van der Waals surface area contributed by atoms with Crippen LogP contribution in [0.4, 0.5) is 5.69 Å². The second kappa shape index (κ2) is 7.60. The first kappa shape index (κ1) is 14.4. The van der Waals surface area contributed by atoms with Crippen molar-refractivity contribution in [3.63, 3.8) is 0 Å². The van der Waals surface area contributed by atoms with Crippen LogP contribution in [0.1, 0.15) is 12.8 Å². The molecule has 0 radical (unpaired) electrons. The van der Waals surface area contributed by atoms with Crippen molar-refractivity contribution in [1.29, 1.82) is 0 Å². The number of nitrogen functional groups attached to an aromatic ring is 1. The highest BCUT2D eigenvalue weighted by molar-refractivity contribution is 8.00. The molecule has 18 heavy (non-hydrogen) atoms. The van der Waals surface area contributed by atoms with E-state index in [4.69, 9.17) is 10.8 Å². The lowest BCUT2D eigenvalue weighted by Crippen LogP contribution is -2.26. The van der Waals surface area contributed by atoms with E-state index < -0.39 is 5.97 Å². The van der Waals surface area contributed by atoms with Crippen molar-refractivity contribution in [2.24, 2.45) is 0 Å².